The van der Waals surface area contributed by atoms with Crippen molar-refractivity contribution in [3.8, 4) is 0 Å². The lowest BCUT2D eigenvalue weighted by Crippen LogP contribution is -2.51. The van der Waals surface area contributed by atoms with Crippen LogP contribution in [-0.2, 0) is 46.4 Å². The fourth-order valence-corrected chi connectivity index (χ4v) is 5.39. The molecule has 0 aliphatic rings. The Balaban J connectivity index is 1.51. The molecule has 0 spiro atoms. The Morgan fingerprint density at radius 3 is 1.73 bits per heavy atom. The fourth-order valence-electron chi connectivity index (χ4n) is 5.39. The largest absolute Gasteiger partial charge is 0.481 e. The van der Waals surface area contributed by atoms with Gasteiger partial charge in [0, 0.05) is 49.9 Å². The number of aliphatic hydroxyl groups excluding tert-OH is 1. The van der Waals surface area contributed by atoms with Gasteiger partial charge in [0.2, 0.25) is 5.91 Å². The van der Waals surface area contributed by atoms with Gasteiger partial charge in [-0.3, -0.25) is 23.9 Å². The van der Waals surface area contributed by atoms with E-state index in [0.29, 0.717) is 96.2 Å². The zero-order valence-corrected chi connectivity index (χ0v) is 33.6. The molecular weight excluding hydrogens is 792 g/mol. The van der Waals surface area contributed by atoms with E-state index >= 15 is 0 Å². The molecule has 9 N–H and O–H groups in total. The molecule has 1 aromatic heterocycles. The lowest BCUT2D eigenvalue weighted by Gasteiger charge is -2.18. The van der Waals surface area contributed by atoms with Crippen LogP contribution >= 0.6 is 0 Å². The minimum Gasteiger partial charge on any atom is -0.481 e. The van der Waals surface area contributed by atoms with E-state index in [0.717, 1.165) is 31.4 Å². The van der Waals surface area contributed by atoms with Gasteiger partial charge in [-0.2, -0.15) is 0 Å². The third kappa shape index (κ3) is 23.0. The molecule has 0 aliphatic heterocycles. The molecule has 5 amide bonds. The molecule has 334 valence electrons. The summed E-state index contributed by atoms with van der Waals surface area (Å²) in [6, 6.07) is 2.62. The Morgan fingerprint density at radius 1 is 0.633 bits per heavy atom. The molecule has 2 aromatic rings. The van der Waals surface area contributed by atoms with Crippen molar-refractivity contribution in [3.05, 3.63) is 47.3 Å². The lowest BCUT2D eigenvalue weighted by atomic mass is 10.1. The number of carboxylic acid groups (broad SMARTS) is 3. The number of carbonyl (C=O) groups is 7. The molecule has 0 saturated heterocycles. The second-order valence-electron chi connectivity index (χ2n) is 13.4. The first-order chi connectivity index (χ1) is 28.9. The van der Waals surface area contributed by atoms with Crippen molar-refractivity contribution < 1.29 is 68.2 Å². The van der Waals surface area contributed by atoms with Gasteiger partial charge in [-0.1, -0.05) is 18.1 Å². The number of urea groups is 1. The second kappa shape index (κ2) is 30.3. The average Bonchev–Trinajstić information content (AvgIpc) is 3.68. The van der Waals surface area contributed by atoms with Crippen molar-refractivity contribution in [1.29, 1.82) is 0 Å². The van der Waals surface area contributed by atoms with E-state index in [1.165, 1.54) is 0 Å². The molecule has 1 aromatic carbocycles. The summed E-state index contributed by atoms with van der Waals surface area (Å²) in [5.74, 6) is -4.92. The van der Waals surface area contributed by atoms with Gasteiger partial charge >= 0.3 is 23.9 Å². The summed E-state index contributed by atoms with van der Waals surface area (Å²) >= 11 is 0. The van der Waals surface area contributed by atoms with Crippen LogP contribution in [0.5, 0.6) is 0 Å². The maximum atomic E-state index is 12.6. The van der Waals surface area contributed by atoms with Crippen LogP contribution in [0.3, 0.4) is 0 Å². The van der Waals surface area contributed by atoms with Crippen LogP contribution in [-0.4, -0.2) is 155 Å². The zero-order valence-electron chi connectivity index (χ0n) is 33.6. The SMILES string of the molecule is O=C(O)CC[C@H](NC(=O)N[C@@H](CCCCn1cc(CCCCCCNC(=O)c2ccc(C(=O)NCCOCCOCCOCCNC(=O)CO)cc2)nn1)C(=O)O)C(=O)O. The van der Waals surface area contributed by atoms with Crippen LogP contribution in [0, 0.1) is 0 Å². The minimum absolute atomic E-state index is 0.0824. The number of carboxylic acids is 3. The monoisotopic (exact) mass is 850 g/mol. The number of rotatable bonds is 34. The first kappa shape index (κ1) is 50.4. The molecule has 2 atom stereocenters. The topological polar surface area (TPSA) is 319 Å². The summed E-state index contributed by atoms with van der Waals surface area (Å²) in [6.45, 7) is 3.07. The van der Waals surface area contributed by atoms with Gasteiger partial charge in [-0.05, 0) is 69.2 Å². The van der Waals surface area contributed by atoms with Crippen LogP contribution in [0.15, 0.2) is 30.5 Å². The second-order valence-corrected chi connectivity index (χ2v) is 13.4. The fraction of sp³-hybridized carbons (Fsp3) is 0.605. The Kier molecular flexibility index (Phi) is 25.5. The average molecular weight is 851 g/mol. The zero-order chi connectivity index (χ0) is 44.0. The van der Waals surface area contributed by atoms with Crippen molar-refractivity contribution in [1.82, 2.24) is 41.6 Å². The Morgan fingerprint density at radius 2 is 1.17 bits per heavy atom. The van der Waals surface area contributed by atoms with E-state index in [9.17, 15) is 43.8 Å². The minimum atomic E-state index is -1.47. The summed E-state index contributed by atoms with van der Waals surface area (Å²) in [5.41, 5.74) is 1.67. The number of aromatic nitrogens is 3. The van der Waals surface area contributed by atoms with E-state index in [4.69, 9.17) is 24.4 Å². The smallest absolute Gasteiger partial charge is 0.326 e. The normalized spacial score (nSPS) is 11.9. The first-order valence-electron chi connectivity index (χ1n) is 19.8. The predicted octanol–water partition coefficient (Wildman–Crippen LogP) is -0.0602. The van der Waals surface area contributed by atoms with Crippen LogP contribution < -0.4 is 26.6 Å². The maximum Gasteiger partial charge on any atom is 0.326 e. The number of hydrogen-bond acceptors (Lipinski definition) is 13. The van der Waals surface area contributed by atoms with Crippen molar-refractivity contribution >= 4 is 41.7 Å². The lowest BCUT2D eigenvalue weighted by molar-refractivity contribution is -0.141. The Bertz CT molecular complexity index is 1620. The molecule has 2 rings (SSSR count). The van der Waals surface area contributed by atoms with Crippen LogP contribution in [0.1, 0.15) is 84.2 Å². The molecule has 0 bridgehead atoms. The number of aryl methyl sites for hydroxylation is 2. The molecule has 0 aliphatic carbocycles. The molecule has 0 radical (unpaired) electrons. The number of nitrogens with zero attached hydrogens (tertiary/aromatic N) is 3. The number of aliphatic carboxylic acids is 3. The molecular formula is C38H58N8O14. The van der Waals surface area contributed by atoms with Gasteiger partial charge in [0.15, 0.2) is 0 Å². The summed E-state index contributed by atoms with van der Waals surface area (Å²) in [4.78, 5) is 81.7. The molecule has 22 nitrogen and oxygen atoms in total. The summed E-state index contributed by atoms with van der Waals surface area (Å²) < 4.78 is 17.8. The highest BCUT2D eigenvalue weighted by Crippen LogP contribution is 2.09. The van der Waals surface area contributed by atoms with E-state index in [1.54, 1.807) is 28.9 Å². The van der Waals surface area contributed by atoms with Crippen molar-refractivity contribution in [2.24, 2.45) is 0 Å². The van der Waals surface area contributed by atoms with E-state index in [1.807, 2.05) is 6.20 Å². The van der Waals surface area contributed by atoms with Crippen LogP contribution in [0.4, 0.5) is 4.79 Å². The summed E-state index contributed by atoms with van der Waals surface area (Å²) in [5, 5.41) is 56.7. The van der Waals surface area contributed by atoms with Gasteiger partial charge in [-0.25, -0.2) is 14.4 Å². The highest BCUT2D eigenvalue weighted by molar-refractivity contribution is 5.97. The first-order valence-corrected chi connectivity index (χ1v) is 19.8. The molecule has 0 fully saturated rings. The number of hydrogen-bond donors (Lipinski definition) is 9. The molecule has 22 heteroatoms. The van der Waals surface area contributed by atoms with E-state index in [2.05, 4.69) is 36.9 Å². The molecule has 1 heterocycles. The van der Waals surface area contributed by atoms with Gasteiger partial charge in [-0.15, -0.1) is 5.10 Å². The van der Waals surface area contributed by atoms with Gasteiger partial charge in [0.25, 0.3) is 11.8 Å². The van der Waals surface area contributed by atoms with Crippen molar-refractivity contribution in [3.63, 3.8) is 0 Å². The number of unbranched alkanes of at least 4 members (excludes halogenated alkanes) is 4. The number of amides is 5. The Labute approximate surface area is 347 Å². The van der Waals surface area contributed by atoms with Crippen molar-refractivity contribution in [2.75, 3.05) is 65.9 Å². The highest BCUT2D eigenvalue weighted by atomic mass is 16.5. The molecule has 0 saturated carbocycles. The van der Waals surface area contributed by atoms with E-state index < -0.39 is 55.0 Å². The molecule has 60 heavy (non-hydrogen) atoms. The third-order valence-corrected chi connectivity index (χ3v) is 8.61. The standard InChI is InChI=1S/C38H58N8O14/c47-26-32(48)39-16-19-58-21-23-60-24-22-59-20-17-41-35(52)28-11-9-27(10-12-28)34(51)40-15-5-2-1-3-7-29-25-46(45-44-29)18-6-4-8-30(36(53)54)42-38(57)43-31(37(55)56)13-14-33(49)50/h9-12,25,30-31,47H,1-8,13-24,26H2,(H,39,48)(H,40,51)(H,41,52)(H,49,50)(H,53,54)(H,55,56)(H2,42,43,57)/t30-,31-/m0/s1. The Hall–Kier alpha value is -5.71. The number of aliphatic hydroxyl groups is 1. The summed E-state index contributed by atoms with van der Waals surface area (Å²) in [7, 11) is 0. The van der Waals surface area contributed by atoms with Gasteiger partial charge in [0.1, 0.15) is 18.7 Å². The van der Waals surface area contributed by atoms with Crippen LogP contribution in [0.2, 0.25) is 0 Å². The summed E-state index contributed by atoms with van der Waals surface area (Å²) in [6.07, 6.45) is 6.23. The highest BCUT2D eigenvalue weighted by Gasteiger charge is 2.25. The van der Waals surface area contributed by atoms with E-state index in [-0.39, 0.29) is 24.7 Å². The van der Waals surface area contributed by atoms with Gasteiger partial charge < -0.3 is 61.2 Å². The number of ether oxygens (including phenoxy) is 3. The number of benzene rings is 1. The number of carbonyl (C=O) groups excluding carboxylic acids is 4. The number of nitrogens with one attached hydrogen (secondary N) is 5. The van der Waals surface area contributed by atoms with Crippen molar-refractivity contribution in [2.45, 2.75) is 82.8 Å². The maximum absolute atomic E-state index is 12.6. The predicted molar refractivity (Wildman–Crippen MR) is 211 cm³/mol. The quantitative estimate of drug-likeness (QED) is 0.0417. The van der Waals surface area contributed by atoms with Crippen LogP contribution in [0.25, 0.3) is 0 Å². The van der Waals surface area contributed by atoms with Gasteiger partial charge in [0.05, 0.1) is 45.3 Å². The molecule has 0 unspecified atom stereocenters. The third-order valence-electron chi connectivity index (χ3n) is 8.61.